The minimum atomic E-state index is -5.51. The Morgan fingerprint density at radius 2 is 1.88 bits per heavy atom. The Morgan fingerprint density at radius 1 is 1.19 bits per heavy atom. The number of nitrogens with two attached hydrogens (primary N) is 1. The molecule has 43 heavy (non-hydrogen) atoms. The van der Waals surface area contributed by atoms with Crippen molar-refractivity contribution in [2.24, 2.45) is 0 Å². The second-order valence-corrected chi connectivity index (χ2v) is 14.6. The van der Waals surface area contributed by atoms with Gasteiger partial charge in [-0.15, -0.1) is 0 Å². The fourth-order valence-electron chi connectivity index (χ4n) is 4.35. The van der Waals surface area contributed by atoms with Crippen molar-refractivity contribution in [3.05, 3.63) is 11.2 Å². The van der Waals surface area contributed by atoms with Crippen molar-refractivity contribution in [2.75, 3.05) is 18.9 Å². The maximum absolute atomic E-state index is 13.9. The first-order valence-corrected chi connectivity index (χ1v) is 17.0. The first-order chi connectivity index (χ1) is 20.0. The Hall–Kier alpha value is -1.43. The number of hydrogen-bond donors (Lipinski definition) is 9. The molecule has 2 saturated heterocycles. The smallest absolute Gasteiger partial charge is 0.393 e. The lowest BCUT2D eigenvalue weighted by molar-refractivity contribution is -0.287. The minimum absolute atomic E-state index is 0.0843. The normalized spacial score (nSPS) is 34.9. The van der Waals surface area contributed by atoms with Gasteiger partial charge in [-0.3, -0.25) is 9.32 Å². The summed E-state index contributed by atoms with van der Waals surface area (Å²) >= 11 is 5.67. The van der Waals surface area contributed by atoms with Crippen molar-refractivity contribution < 1.29 is 71.9 Å². The summed E-state index contributed by atoms with van der Waals surface area (Å²) < 4.78 is 55.7. The van der Waals surface area contributed by atoms with Crippen molar-refractivity contribution in [3.8, 4) is 0 Å². The van der Waals surface area contributed by atoms with Crippen LogP contribution in [-0.4, -0.2) is 124 Å². The number of anilines is 1. The molecule has 2 aliphatic heterocycles. The monoisotopic (exact) mass is 695 g/mol. The van der Waals surface area contributed by atoms with Gasteiger partial charge >= 0.3 is 14.5 Å². The lowest BCUT2D eigenvalue weighted by atomic mass is 9.96. The molecule has 0 radical (unpaired) electrons. The number of amides is 1. The number of ether oxygens (including phenoxy) is 2. The molecule has 12 atom stereocenters. The zero-order valence-electron chi connectivity index (χ0n) is 21.8. The molecule has 0 aromatic carbocycles. The second-order valence-electron chi connectivity index (χ2n) is 9.37. The van der Waals surface area contributed by atoms with E-state index in [4.69, 9.17) is 36.6 Å². The van der Waals surface area contributed by atoms with Gasteiger partial charge in [-0.05, 0) is 23.3 Å². The van der Waals surface area contributed by atoms with E-state index in [2.05, 4.69) is 28.5 Å². The molecule has 7 unspecified atom stereocenters. The molecule has 2 aromatic rings. The van der Waals surface area contributed by atoms with Crippen molar-refractivity contribution in [2.45, 2.75) is 68.2 Å². The molecular formula is C19H28FN5O14P2S2. The van der Waals surface area contributed by atoms with Crippen LogP contribution in [0.1, 0.15) is 17.9 Å². The molecule has 1 amide bonds. The van der Waals surface area contributed by atoms with Crippen LogP contribution in [0, 0.1) is 0 Å². The van der Waals surface area contributed by atoms with E-state index < -0.39 is 94.9 Å². The van der Waals surface area contributed by atoms with Crippen LogP contribution in [0.5, 0.6) is 0 Å². The van der Waals surface area contributed by atoms with Crippen LogP contribution < -0.4 is 11.1 Å². The number of hydrogen-bond acceptors (Lipinski definition) is 18. The average Bonchev–Trinajstić information content (AvgIpc) is 3.48. The summed E-state index contributed by atoms with van der Waals surface area (Å²) in [6, 6.07) is -1.08. The fourth-order valence-corrected chi connectivity index (χ4v) is 8.36. The summed E-state index contributed by atoms with van der Waals surface area (Å²) in [5.74, 6) is -0.442. The van der Waals surface area contributed by atoms with Crippen LogP contribution >= 0.6 is 26.1 Å². The van der Waals surface area contributed by atoms with Crippen molar-refractivity contribution in [1.29, 1.82) is 0 Å². The first-order valence-electron chi connectivity index (χ1n) is 12.2. The van der Waals surface area contributed by atoms with Crippen molar-refractivity contribution in [3.63, 3.8) is 0 Å². The SMILES string of the molecule is CC(=O)N[C@@H]1[C@H](O)[C@@H](COP(O)(=S)OP(=O)(O)OC2OC([C@@H](F)CO)C(O)C(O)C2O)O[C@H]1c1snc2c(N)ncnc12. The topological polar surface area (TPSA) is 299 Å². The summed E-state index contributed by atoms with van der Waals surface area (Å²) in [7, 11) is -5.51. The summed E-state index contributed by atoms with van der Waals surface area (Å²) in [6.45, 7) is -5.43. The molecule has 2 fully saturated rings. The predicted octanol–water partition coefficient (Wildman–Crippen LogP) is -2.52. The maximum Gasteiger partial charge on any atom is 0.481 e. The number of phosphoric ester groups is 1. The summed E-state index contributed by atoms with van der Waals surface area (Å²) in [4.78, 5) is 40.8. The lowest BCUT2D eigenvalue weighted by Gasteiger charge is -2.41. The third kappa shape index (κ3) is 7.69. The quantitative estimate of drug-likeness (QED) is 0.110. The number of aliphatic hydroxyl groups is 5. The molecule has 10 N–H and O–H groups in total. The number of aliphatic hydroxyl groups excluding tert-OH is 5. The number of nitrogen functional groups attached to an aromatic ring is 1. The Labute approximate surface area is 250 Å². The Bertz CT molecular complexity index is 1410. The van der Waals surface area contributed by atoms with Gasteiger partial charge in [0, 0.05) is 6.92 Å². The van der Waals surface area contributed by atoms with Crippen LogP contribution in [0.25, 0.3) is 11.0 Å². The van der Waals surface area contributed by atoms with E-state index >= 15 is 0 Å². The van der Waals surface area contributed by atoms with E-state index in [-0.39, 0.29) is 11.3 Å². The maximum atomic E-state index is 13.9. The van der Waals surface area contributed by atoms with E-state index in [1.165, 1.54) is 13.3 Å². The molecule has 0 spiro atoms. The van der Waals surface area contributed by atoms with Gasteiger partial charge in [0.25, 0.3) is 0 Å². The highest BCUT2D eigenvalue weighted by atomic mass is 32.5. The van der Waals surface area contributed by atoms with E-state index in [0.717, 1.165) is 11.5 Å². The molecule has 4 rings (SSSR count). The molecule has 0 saturated carbocycles. The summed E-state index contributed by atoms with van der Waals surface area (Å²) in [5.41, 5.74) is 6.39. The highest BCUT2D eigenvalue weighted by Crippen LogP contribution is 2.62. The number of rotatable bonds is 11. The predicted molar refractivity (Wildman–Crippen MR) is 144 cm³/mol. The first kappa shape index (κ1) is 34.4. The van der Waals surface area contributed by atoms with Gasteiger partial charge in [0.2, 0.25) is 5.91 Å². The van der Waals surface area contributed by atoms with E-state index in [1.807, 2.05) is 0 Å². The zero-order chi connectivity index (χ0) is 31.9. The van der Waals surface area contributed by atoms with Gasteiger partial charge in [-0.25, -0.2) is 23.2 Å². The molecule has 24 heteroatoms. The Kier molecular flexibility index (Phi) is 10.8. The Morgan fingerprint density at radius 3 is 2.53 bits per heavy atom. The number of nitrogens with one attached hydrogen (secondary N) is 1. The number of halogens is 1. The van der Waals surface area contributed by atoms with Crippen LogP contribution in [0.4, 0.5) is 10.2 Å². The molecule has 0 bridgehead atoms. The number of carbonyl (C=O) groups is 1. The molecule has 242 valence electrons. The highest BCUT2D eigenvalue weighted by molar-refractivity contribution is 8.08. The van der Waals surface area contributed by atoms with Crippen LogP contribution in [-0.2, 0) is 44.0 Å². The van der Waals surface area contributed by atoms with Crippen molar-refractivity contribution in [1.82, 2.24) is 19.7 Å². The van der Waals surface area contributed by atoms with Gasteiger partial charge in [0.15, 0.2) is 18.3 Å². The van der Waals surface area contributed by atoms with E-state index in [0.29, 0.717) is 10.4 Å². The summed E-state index contributed by atoms with van der Waals surface area (Å²) in [5, 5.41) is 52.3. The molecule has 2 aliphatic rings. The van der Waals surface area contributed by atoms with Gasteiger partial charge in [0.05, 0.1) is 24.1 Å². The third-order valence-corrected chi connectivity index (χ3v) is 10.7. The second kappa shape index (κ2) is 13.5. The van der Waals surface area contributed by atoms with Gasteiger partial charge in [0.1, 0.15) is 60.1 Å². The number of fused-ring (bicyclic) bond motifs is 1. The highest BCUT2D eigenvalue weighted by Gasteiger charge is 2.51. The number of phosphoric acid groups is 1. The average molecular weight is 696 g/mol. The van der Waals surface area contributed by atoms with Crippen molar-refractivity contribution >= 4 is 60.6 Å². The standard InChI is InChI=1S/C19H28FN5O14P2S2/c1-5(27)24-10-11(28)7(36-16(10)17-8-9(25-43-17)18(21)23-4-22-8)3-35-41(34,42)39-40(32,33)38-19-14(31)12(29)13(30)15(37-19)6(20)2-26/h4,6-7,10-16,19,26,28-31H,2-3H2,1H3,(H,24,27)(H,32,33)(H,34,42)(H2,21,22,23)/t6-,7+,10+,11+,12?,13?,14?,15?,16+,19?,41?/m0/s1. The number of alkyl halides is 1. The largest absolute Gasteiger partial charge is 0.481 e. The number of aromatic nitrogens is 3. The minimum Gasteiger partial charge on any atom is -0.393 e. The number of carbonyl (C=O) groups excluding carboxylic acids is 1. The van der Waals surface area contributed by atoms with Crippen LogP contribution in [0.15, 0.2) is 6.33 Å². The van der Waals surface area contributed by atoms with E-state index in [9.17, 15) is 44.0 Å². The molecule has 2 aromatic heterocycles. The molecule has 19 nitrogen and oxygen atoms in total. The zero-order valence-corrected chi connectivity index (χ0v) is 25.2. The summed E-state index contributed by atoms with van der Waals surface area (Å²) in [6.07, 6.45) is -15.6. The van der Waals surface area contributed by atoms with Gasteiger partial charge in [-0.2, -0.15) is 4.37 Å². The van der Waals surface area contributed by atoms with E-state index in [1.54, 1.807) is 0 Å². The molecule has 0 aliphatic carbocycles. The molecular weight excluding hydrogens is 667 g/mol. The molecule has 4 heterocycles. The van der Waals surface area contributed by atoms with Crippen LogP contribution in [0.3, 0.4) is 0 Å². The van der Waals surface area contributed by atoms with Gasteiger partial charge < -0.3 is 60.4 Å². The van der Waals surface area contributed by atoms with Gasteiger partial charge in [-0.1, -0.05) is 0 Å². The van der Waals surface area contributed by atoms with Crippen LogP contribution in [0.2, 0.25) is 0 Å². The fraction of sp³-hybridized carbons (Fsp3) is 0.684. The Balaban J connectivity index is 1.44. The third-order valence-electron chi connectivity index (χ3n) is 6.33. The number of nitrogens with zero attached hydrogens (tertiary/aromatic N) is 3. The lowest BCUT2D eigenvalue weighted by Crippen LogP contribution is -2.60.